The number of amides is 1. The predicted octanol–water partition coefficient (Wildman–Crippen LogP) is 2.58. The molecule has 1 aromatic carbocycles. The molecular formula is C9H5ClFN3OS. The van der Waals surface area contributed by atoms with Gasteiger partial charge in [-0.05, 0) is 18.2 Å². The highest BCUT2D eigenvalue weighted by Crippen LogP contribution is 2.19. The van der Waals surface area contributed by atoms with E-state index in [9.17, 15) is 9.18 Å². The van der Waals surface area contributed by atoms with Gasteiger partial charge >= 0.3 is 0 Å². The minimum atomic E-state index is -0.488. The number of carbonyl (C=O) groups excluding carboxylic acids is 1. The van der Waals surface area contributed by atoms with Crippen molar-refractivity contribution in [1.29, 1.82) is 0 Å². The van der Waals surface area contributed by atoms with E-state index in [1.807, 2.05) is 0 Å². The molecule has 0 aliphatic heterocycles. The third kappa shape index (κ3) is 2.34. The Bertz CT molecular complexity index is 517. The van der Waals surface area contributed by atoms with Gasteiger partial charge in [0.2, 0.25) is 5.13 Å². The number of nitrogens with one attached hydrogen (secondary N) is 1. The van der Waals surface area contributed by atoms with Gasteiger partial charge in [-0.15, -0.1) is 10.2 Å². The summed E-state index contributed by atoms with van der Waals surface area (Å²) >= 11 is 6.91. The second-order valence-electron chi connectivity index (χ2n) is 2.82. The number of anilines is 1. The largest absolute Gasteiger partial charge is 0.296 e. The second-order valence-corrected chi connectivity index (χ2v) is 4.06. The number of rotatable bonds is 2. The zero-order chi connectivity index (χ0) is 11.5. The quantitative estimate of drug-likeness (QED) is 0.900. The SMILES string of the molecule is O=C(Nc1nncs1)c1ccc(F)cc1Cl. The Labute approximate surface area is 99.1 Å². The van der Waals surface area contributed by atoms with Crippen molar-refractivity contribution in [2.75, 3.05) is 5.32 Å². The number of benzene rings is 1. The molecule has 0 atom stereocenters. The molecule has 1 amide bonds. The molecule has 2 aromatic rings. The summed E-state index contributed by atoms with van der Waals surface area (Å²) in [6.45, 7) is 0. The summed E-state index contributed by atoms with van der Waals surface area (Å²) in [5.41, 5.74) is 1.68. The summed E-state index contributed by atoms with van der Waals surface area (Å²) in [5.74, 6) is -0.931. The second kappa shape index (κ2) is 4.54. The fourth-order valence-corrected chi connectivity index (χ4v) is 1.76. The standard InChI is InChI=1S/C9H5ClFN3OS/c10-7-3-5(11)1-2-6(7)8(15)13-9-14-12-4-16-9/h1-4H,(H,13,14,15). The number of hydrogen-bond donors (Lipinski definition) is 1. The molecule has 7 heteroatoms. The molecule has 0 spiro atoms. The molecule has 0 fully saturated rings. The Morgan fingerprint density at radius 2 is 2.31 bits per heavy atom. The normalized spacial score (nSPS) is 10.1. The highest BCUT2D eigenvalue weighted by molar-refractivity contribution is 7.13. The van der Waals surface area contributed by atoms with Crippen LogP contribution in [0, 0.1) is 5.82 Å². The maximum Gasteiger partial charge on any atom is 0.259 e. The lowest BCUT2D eigenvalue weighted by atomic mass is 10.2. The highest BCUT2D eigenvalue weighted by atomic mass is 35.5. The van der Waals surface area contributed by atoms with E-state index in [0.29, 0.717) is 5.13 Å². The molecular weight excluding hydrogens is 253 g/mol. The average molecular weight is 258 g/mol. The summed E-state index contributed by atoms with van der Waals surface area (Å²) in [7, 11) is 0. The molecule has 4 nitrogen and oxygen atoms in total. The van der Waals surface area contributed by atoms with Gasteiger partial charge in [0.25, 0.3) is 5.91 Å². The van der Waals surface area contributed by atoms with Gasteiger partial charge in [-0.1, -0.05) is 22.9 Å². The van der Waals surface area contributed by atoms with Crippen LogP contribution in [0.3, 0.4) is 0 Å². The molecule has 1 N–H and O–H groups in total. The van der Waals surface area contributed by atoms with E-state index in [4.69, 9.17) is 11.6 Å². The Kier molecular flexibility index (Phi) is 3.12. The van der Waals surface area contributed by atoms with Crippen LogP contribution in [-0.4, -0.2) is 16.1 Å². The first-order valence-corrected chi connectivity index (χ1v) is 5.45. The minimum Gasteiger partial charge on any atom is -0.296 e. The van der Waals surface area contributed by atoms with Crippen LogP contribution in [0.2, 0.25) is 5.02 Å². The molecule has 0 saturated heterocycles. The van der Waals surface area contributed by atoms with Crippen LogP contribution in [0.4, 0.5) is 9.52 Å². The van der Waals surface area contributed by atoms with Crippen molar-refractivity contribution in [3.63, 3.8) is 0 Å². The molecule has 2 rings (SSSR count). The zero-order valence-electron chi connectivity index (χ0n) is 7.78. The number of carbonyl (C=O) groups is 1. The lowest BCUT2D eigenvalue weighted by Crippen LogP contribution is -2.12. The Morgan fingerprint density at radius 3 is 2.94 bits per heavy atom. The van der Waals surface area contributed by atoms with Gasteiger partial charge in [0.1, 0.15) is 11.3 Å². The van der Waals surface area contributed by atoms with Crippen LogP contribution in [-0.2, 0) is 0 Å². The van der Waals surface area contributed by atoms with E-state index >= 15 is 0 Å². The molecule has 1 heterocycles. The van der Waals surface area contributed by atoms with Gasteiger partial charge in [-0.2, -0.15) is 0 Å². The van der Waals surface area contributed by atoms with Crippen molar-refractivity contribution in [2.45, 2.75) is 0 Å². The van der Waals surface area contributed by atoms with Crippen molar-refractivity contribution >= 4 is 34.0 Å². The van der Waals surface area contributed by atoms with Crippen LogP contribution in [0.1, 0.15) is 10.4 Å². The van der Waals surface area contributed by atoms with Crippen molar-refractivity contribution in [1.82, 2.24) is 10.2 Å². The Balaban J connectivity index is 2.21. The average Bonchev–Trinajstić information content (AvgIpc) is 2.70. The smallest absolute Gasteiger partial charge is 0.259 e. The third-order valence-corrected chi connectivity index (χ3v) is 2.68. The Hall–Kier alpha value is -1.53. The molecule has 0 radical (unpaired) electrons. The molecule has 1 aromatic heterocycles. The number of aromatic nitrogens is 2. The third-order valence-electron chi connectivity index (χ3n) is 1.76. The molecule has 16 heavy (non-hydrogen) atoms. The van der Waals surface area contributed by atoms with Gasteiger partial charge in [-0.25, -0.2) is 4.39 Å². The number of nitrogens with zero attached hydrogens (tertiary/aromatic N) is 2. The van der Waals surface area contributed by atoms with E-state index in [1.165, 1.54) is 29.0 Å². The van der Waals surface area contributed by atoms with Gasteiger partial charge in [0.15, 0.2) is 0 Å². The van der Waals surface area contributed by atoms with E-state index in [-0.39, 0.29) is 10.6 Å². The molecule has 0 aliphatic carbocycles. The molecule has 0 bridgehead atoms. The van der Waals surface area contributed by atoms with Crippen LogP contribution < -0.4 is 5.32 Å². The van der Waals surface area contributed by atoms with Crippen molar-refractivity contribution < 1.29 is 9.18 Å². The number of halogens is 2. The summed E-state index contributed by atoms with van der Waals surface area (Å²) in [6, 6.07) is 3.56. The first-order chi connectivity index (χ1) is 7.66. The highest BCUT2D eigenvalue weighted by Gasteiger charge is 2.12. The van der Waals surface area contributed by atoms with Gasteiger partial charge in [0.05, 0.1) is 10.6 Å². The molecule has 0 saturated carbocycles. The lowest BCUT2D eigenvalue weighted by Gasteiger charge is -2.03. The van der Waals surface area contributed by atoms with E-state index in [2.05, 4.69) is 15.5 Å². The monoisotopic (exact) mass is 257 g/mol. The van der Waals surface area contributed by atoms with Crippen LogP contribution >= 0.6 is 22.9 Å². The molecule has 82 valence electrons. The topological polar surface area (TPSA) is 54.9 Å². The van der Waals surface area contributed by atoms with Crippen molar-refractivity contribution in [2.24, 2.45) is 0 Å². The fourth-order valence-electron chi connectivity index (χ4n) is 1.07. The maximum absolute atomic E-state index is 12.8. The van der Waals surface area contributed by atoms with Crippen molar-refractivity contribution in [3.8, 4) is 0 Å². The van der Waals surface area contributed by atoms with Gasteiger partial charge < -0.3 is 0 Å². The van der Waals surface area contributed by atoms with Gasteiger partial charge in [0, 0.05) is 0 Å². The fraction of sp³-hybridized carbons (Fsp3) is 0. The van der Waals surface area contributed by atoms with Crippen molar-refractivity contribution in [3.05, 3.63) is 40.1 Å². The Morgan fingerprint density at radius 1 is 1.50 bits per heavy atom. The first kappa shape index (κ1) is 11.0. The van der Waals surface area contributed by atoms with E-state index in [1.54, 1.807) is 0 Å². The summed E-state index contributed by atoms with van der Waals surface area (Å²) in [5, 5.41) is 10.1. The predicted molar refractivity (Wildman–Crippen MR) is 59.3 cm³/mol. The van der Waals surface area contributed by atoms with E-state index in [0.717, 1.165) is 6.07 Å². The summed E-state index contributed by atoms with van der Waals surface area (Å²) in [4.78, 5) is 11.7. The van der Waals surface area contributed by atoms with Crippen LogP contribution in [0.5, 0.6) is 0 Å². The van der Waals surface area contributed by atoms with Gasteiger partial charge in [-0.3, -0.25) is 10.1 Å². The lowest BCUT2D eigenvalue weighted by molar-refractivity contribution is 0.102. The zero-order valence-corrected chi connectivity index (χ0v) is 9.35. The van der Waals surface area contributed by atoms with E-state index < -0.39 is 11.7 Å². The summed E-state index contributed by atoms with van der Waals surface area (Å²) in [6.07, 6.45) is 0. The number of hydrogen-bond acceptors (Lipinski definition) is 4. The molecule has 0 aliphatic rings. The van der Waals surface area contributed by atoms with Crippen LogP contribution in [0.25, 0.3) is 0 Å². The first-order valence-electron chi connectivity index (χ1n) is 4.19. The maximum atomic E-state index is 12.8. The van der Waals surface area contributed by atoms with Crippen LogP contribution in [0.15, 0.2) is 23.7 Å². The minimum absolute atomic E-state index is 0.0574. The molecule has 0 unspecified atom stereocenters. The summed E-state index contributed by atoms with van der Waals surface area (Å²) < 4.78 is 12.8.